The highest BCUT2D eigenvalue weighted by atomic mass is 16.3. The molecule has 2 aromatic heterocycles. The van der Waals surface area contributed by atoms with Gasteiger partial charge in [0.25, 0.3) is 0 Å². The molecule has 0 bridgehead atoms. The first-order valence-corrected chi connectivity index (χ1v) is 18.4. The van der Waals surface area contributed by atoms with Crippen LogP contribution in [0.1, 0.15) is 22.6 Å². The summed E-state index contributed by atoms with van der Waals surface area (Å²) in [5, 5.41) is 3.21. The normalized spacial score (nSPS) is 13.4. The molecule has 1 unspecified atom stereocenters. The molecule has 8 aromatic carbocycles. The number of fused-ring (bicyclic) bond motifs is 7. The molecule has 1 aliphatic carbocycles. The van der Waals surface area contributed by atoms with Crippen LogP contribution in [0.15, 0.2) is 192 Å². The third kappa shape index (κ3) is 4.90. The van der Waals surface area contributed by atoms with E-state index in [9.17, 15) is 0 Å². The fraction of sp³-hybridized carbons (Fsp3) is 0.0196. The van der Waals surface area contributed by atoms with Gasteiger partial charge in [-0.3, -0.25) is 0 Å². The van der Waals surface area contributed by atoms with Gasteiger partial charge in [-0.15, -0.1) is 0 Å². The number of para-hydroxylation sites is 2. The van der Waals surface area contributed by atoms with E-state index in [1.807, 2.05) is 12.1 Å². The van der Waals surface area contributed by atoms with Crippen LogP contribution in [0.25, 0.3) is 88.9 Å². The van der Waals surface area contributed by atoms with Crippen molar-refractivity contribution in [3.8, 4) is 56.0 Å². The second-order valence-electron chi connectivity index (χ2n) is 14.1. The van der Waals surface area contributed by atoms with Crippen LogP contribution >= 0.6 is 0 Å². The van der Waals surface area contributed by atoms with Gasteiger partial charge in [-0.2, -0.15) is 0 Å². The highest BCUT2D eigenvalue weighted by Crippen LogP contribution is 2.51. The molecule has 11 rings (SSSR count). The van der Waals surface area contributed by atoms with Gasteiger partial charge in [-0.1, -0.05) is 164 Å². The van der Waals surface area contributed by atoms with Crippen LogP contribution in [-0.4, -0.2) is 9.97 Å². The molecule has 0 amide bonds. The van der Waals surface area contributed by atoms with E-state index < -0.39 is 0 Å². The number of rotatable bonds is 5. The zero-order chi connectivity index (χ0) is 35.6. The number of aromatic nitrogens is 2. The average Bonchev–Trinajstić information content (AvgIpc) is 3.79. The van der Waals surface area contributed by atoms with Crippen LogP contribution in [-0.2, 0) is 0 Å². The van der Waals surface area contributed by atoms with E-state index in [4.69, 9.17) is 14.4 Å². The van der Waals surface area contributed by atoms with Crippen molar-refractivity contribution in [3.05, 3.63) is 205 Å². The standard InChI is InChI=1S/C51H32N2O/c1-3-12-32(13-4-1)34-22-24-35(25-23-34)49-43-18-9-10-21-46(43)52-51(53-49)37-27-29-40-42-19-11-20-44(50(42)54-47(40)31-37)48-41-17-8-7-16-38(41)39-28-26-36(30-45(39)48)33-14-5-2-6-15-33/h1-31,48H. The van der Waals surface area contributed by atoms with Gasteiger partial charge < -0.3 is 4.42 Å². The van der Waals surface area contributed by atoms with Gasteiger partial charge in [0, 0.05) is 38.8 Å². The molecule has 3 heteroatoms. The largest absolute Gasteiger partial charge is 0.456 e. The first-order valence-electron chi connectivity index (χ1n) is 18.4. The molecule has 0 spiro atoms. The number of hydrogen-bond donors (Lipinski definition) is 0. The van der Waals surface area contributed by atoms with Gasteiger partial charge in [-0.05, 0) is 68.8 Å². The van der Waals surface area contributed by atoms with E-state index in [2.05, 4.69) is 176 Å². The van der Waals surface area contributed by atoms with Gasteiger partial charge in [0.1, 0.15) is 11.2 Å². The van der Waals surface area contributed by atoms with E-state index in [-0.39, 0.29) is 5.92 Å². The van der Waals surface area contributed by atoms with E-state index >= 15 is 0 Å². The summed E-state index contributed by atoms with van der Waals surface area (Å²) in [7, 11) is 0. The SMILES string of the molecule is c1ccc(-c2ccc(-c3nc(-c4ccc5c(c4)oc4c(C6c7ccccc7-c7ccc(-c8ccccc8)cc76)cccc45)nc4ccccc34)cc2)cc1. The lowest BCUT2D eigenvalue weighted by atomic mass is 9.87. The van der Waals surface area contributed by atoms with Gasteiger partial charge >= 0.3 is 0 Å². The van der Waals surface area contributed by atoms with Gasteiger partial charge in [0.2, 0.25) is 0 Å². The van der Waals surface area contributed by atoms with Crippen molar-refractivity contribution < 1.29 is 4.42 Å². The topological polar surface area (TPSA) is 38.9 Å². The Bertz CT molecular complexity index is 3040. The van der Waals surface area contributed by atoms with Crippen LogP contribution in [0.4, 0.5) is 0 Å². The highest BCUT2D eigenvalue weighted by molar-refractivity contribution is 6.07. The Balaban J connectivity index is 1.04. The third-order valence-corrected chi connectivity index (χ3v) is 11.0. The van der Waals surface area contributed by atoms with E-state index in [0.29, 0.717) is 5.82 Å². The van der Waals surface area contributed by atoms with Gasteiger partial charge in [0.05, 0.1) is 11.2 Å². The van der Waals surface area contributed by atoms with Crippen molar-refractivity contribution in [1.82, 2.24) is 9.97 Å². The van der Waals surface area contributed by atoms with Crippen molar-refractivity contribution >= 4 is 32.8 Å². The summed E-state index contributed by atoms with van der Waals surface area (Å²) in [5.74, 6) is 0.716. The number of nitrogens with zero attached hydrogens (tertiary/aromatic N) is 2. The van der Waals surface area contributed by atoms with Crippen molar-refractivity contribution in [2.75, 3.05) is 0 Å². The van der Waals surface area contributed by atoms with Crippen LogP contribution in [0.5, 0.6) is 0 Å². The lowest BCUT2D eigenvalue weighted by molar-refractivity contribution is 0.661. The quantitative estimate of drug-likeness (QED) is 0.181. The fourth-order valence-electron chi connectivity index (χ4n) is 8.42. The Kier molecular flexibility index (Phi) is 6.93. The van der Waals surface area contributed by atoms with Crippen molar-refractivity contribution in [2.45, 2.75) is 5.92 Å². The Morgan fingerprint density at radius 3 is 1.81 bits per heavy atom. The molecule has 1 aliphatic rings. The average molecular weight is 689 g/mol. The van der Waals surface area contributed by atoms with Crippen LogP contribution in [0.2, 0.25) is 0 Å². The second kappa shape index (κ2) is 12.3. The van der Waals surface area contributed by atoms with Gasteiger partial charge in [-0.25, -0.2) is 9.97 Å². The van der Waals surface area contributed by atoms with Gasteiger partial charge in [0.15, 0.2) is 5.82 Å². The summed E-state index contributed by atoms with van der Waals surface area (Å²) in [6, 6.07) is 66.7. The number of hydrogen-bond acceptors (Lipinski definition) is 3. The molecule has 0 N–H and O–H groups in total. The maximum absolute atomic E-state index is 6.91. The minimum atomic E-state index is 0.0447. The summed E-state index contributed by atoms with van der Waals surface area (Å²) in [5.41, 5.74) is 16.7. The minimum Gasteiger partial charge on any atom is -0.456 e. The molecule has 3 nitrogen and oxygen atoms in total. The van der Waals surface area contributed by atoms with Crippen LogP contribution in [0.3, 0.4) is 0 Å². The second-order valence-corrected chi connectivity index (χ2v) is 14.1. The molecule has 1 atom stereocenters. The Hall–Kier alpha value is -7.10. The Morgan fingerprint density at radius 1 is 0.370 bits per heavy atom. The summed E-state index contributed by atoms with van der Waals surface area (Å²) < 4.78 is 6.91. The highest BCUT2D eigenvalue weighted by Gasteiger charge is 2.32. The smallest absolute Gasteiger partial charge is 0.160 e. The van der Waals surface area contributed by atoms with Crippen LogP contribution in [0, 0.1) is 0 Å². The van der Waals surface area contributed by atoms with E-state index in [0.717, 1.165) is 49.7 Å². The summed E-state index contributed by atoms with van der Waals surface area (Å²) >= 11 is 0. The molecule has 54 heavy (non-hydrogen) atoms. The predicted molar refractivity (Wildman–Crippen MR) is 221 cm³/mol. The molecular formula is C51H32N2O. The first-order chi connectivity index (χ1) is 26.8. The lowest BCUT2D eigenvalue weighted by Crippen LogP contribution is -2.00. The van der Waals surface area contributed by atoms with Crippen molar-refractivity contribution in [3.63, 3.8) is 0 Å². The van der Waals surface area contributed by atoms with Crippen molar-refractivity contribution in [2.24, 2.45) is 0 Å². The third-order valence-electron chi connectivity index (χ3n) is 11.0. The molecule has 252 valence electrons. The first kappa shape index (κ1) is 30.5. The molecule has 0 radical (unpaired) electrons. The van der Waals surface area contributed by atoms with E-state index in [1.54, 1.807) is 0 Å². The number of benzene rings is 8. The Morgan fingerprint density at radius 2 is 0.981 bits per heavy atom. The zero-order valence-corrected chi connectivity index (χ0v) is 29.3. The zero-order valence-electron chi connectivity index (χ0n) is 29.3. The number of furan rings is 1. The summed E-state index contributed by atoms with van der Waals surface area (Å²) in [4.78, 5) is 10.3. The maximum Gasteiger partial charge on any atom is 0.160 e. The Labute approximate surface area is 312 Å². The fourth-order valence-corrected chi connectivity index (χ4v) is 8.42. The molecule has 10 aromatic rings. The molecule has 2 heterocycles. The van der Waals surface area contributed by atoms with Crippen molar-refractivity contribution in [1.29, 1.82) is 0 Å². The molecule has 0 saturated carbocycles. The molecule has 0 aliphatic heterocycles. The molecular weight excluding hydrogens is 657 g/mol. The van der Waals surface area contributed by atoms with E-state index in [1.165, 1.54) is 50.1 Å². The summed E-state index contributed by atoms with van der Waals surface area (Å²) in [6.45, 7) is 0. The summed E-state index contributed by atoms with van der Waals surface area (Å²) in [6.07, 6.45) is 0. The monoisotopic (exact) mass is 688 g/mol. The molecule has 0 saturated heterocycles. The maximum atomic E-state index is 6.91. The lowest BCUT2D eigenvalue weighted by Gasteiger charge is -2.16. The predicted octanol–water partition coefficient (Wildman–Crippen LogP) is 13.4. The van der Waals surface area contributed by atoms with Crippen LogP contribution < -0.4 is 0 Å². The molecule has 0 fully saturated rings. The minimum absolute atomic E-state index is 0.0447.